The molecule has 0 saturated carbocycles. The van der Waals surface area contributed by atoms with Gasteiger partial charge in [0.15, 0.2) is 17.7 Å². The first-order chi connectivity index (χ1) is 6.95. The Morgan fingerprint density at radius 3 is 2.47 bits per heavy atom. The molecule has 1 unspecified atom stereocenters. The molecule has 6 nitrogen and oxygen atoms in total. The summed E-state index contributed by atoms with van der Waals surface area (Å²) in [5, 5.41) is 28.1. The summed E-state index contributed by atoms with van der Waals surface area (Å²) in [6.45, 7) is 2.66. The lowest BCUT2D eigenvalue weighted by Crippen LogP contribution is -2.50. The number of rotatable bonds is 2. The van der Waals surface area contributed by atoms with E-state index in [1.54, 1.807) is 13.8 Å². The Labute approximate surface area is 87.4 Å². The molecule has 0 bridgehead atoms. The number of ether oxygens (including phenoxy) is 3. The van der Waals surface area contributed by atoms with E-state index < -0.39 is 36.5 Å². The highest BCUT2D eigenvalue weighted by molar-refractivity contribution is 5.06. The van der Waals surface area contributed by atoms with E-state index in [2.05, 4.69) is 0 Å². The van der Waals surface area contributed by atoms with Crippen LogP contribution in [0.3, 0.4) is 0 Å². The lowest BCUT2D eigenvalue weighted by molar-refractivity contribution is -0.254. The maximum absolute atomic E-state index is 9.69. The monoisotopic (exact) mass is 220 g/mol. The summed E-state index contributed by atoms with van der Waals surface area (Å²) < 4.78 is 16.1. The van der Waals surface area contributed by atoms with Crippen molar-refractivity contribution < 1.29 is 29.5 Å². The van der Waals surface area contributed by atoms with Crippen LogP contribution in [0, 0.1) is 0 Å². The Morgan fingerprint density at radius 2 is 1.93 bits per heavy atom. The highest BCUT2D eigenvalue weighted by Gasteiger charge is 2.65. The molecular weight excluding hydrogens is 204 g/mol. The molecule has 2 aliphatic heterocycles. The van der Waals surface area contributed by atoms with Crippen LogP contribution in [0.4, 0.5) is 0 Å². The molecule has 2 fully saturated rings. The van der Waals surface area contributed by atoms with Crippen molar-refractivity contribution in [2.45, 2.75) is 43.7 Å². The van der Waals surface area contributed by atoms with Gasteiger partial charge in [0.25, 0.3) is 0 Å². The largest absolute Gasteiger partial charge is 0.394 e. The van der Waals surface area contributed by atoms with Gasteiger partial charge >= 0.3 is 0 Å². The zero-order valence-corrected chi connectivity index (χ0v) is 8.71. The van der Waals surface area contributed by atoms with Gasteiger partial charge in [-0.15, -0.1) is 0 Å². The Kier molecular flexibility index (Phi) is 2.53. The fourth-order valence-corrected chi connectivity index (χ4v) is 2.22. The van der Waals surface area contributed by atoms with Crippen LogP contribution in [0.25, 0.3) is 0 Å². The van der Waals surface area contributed by atoms with E-state index in [4.69, 9.17) is 19.3 Å². The van der Waals surface area contributed by atoms with Gasteiger partial charge in [0.1, 0.15) is 12.2 Å². The first kappa shape index (κ1) is 11.3. The molecule has 3 N–H and O–H groups in total. The maximum atomic E-state index is 9.69. The topological polar surface area (TPSA) is 88.4 Å². The number of aliphatic hydroxyl groups excluding tert-OH is 3. The second kappa shape index (κ2) is 3.38. The molecule has 2 rings (SSSR count). The maximum Gasteiger partial charge on any atom is 0.189 e. The van der Waals surface area contributed by atoms with Crippen molar-refractivity contribution in [3.05, 3.63) is 0 Å². The molecule has 0 aromatic rings. The van der Waals surface area contributed by atoms with E-state index in [0.717, 1.165) is 0 Å². The highest BCUT2D eigenvalue weighted by Crippen LogP contribution is 2.45. The van der Waals surface area contributed by atoms with Crippen LogP contribution >= 0.6 is 0 Å². The van der Waals surface area contributed by atoms with E-state index in [9.17, 15) is 10.2 Å². The lowest BCUT2D eigenvalue weighted by Gasteiger charge is -2.27. The third-order valence-electron chi connectivity index (χ3n) is 2.81. The average molecular weight is 220 g/mol. The zero-order chi connectivity index (χ0) is 11.3. The molecule has 0 spiro atoms. The summed E-state index contributed by atoms with van der Waals surface area (Å²) in [5.74, 6) is -0.897. The van der Waals surface area contributed by atoms with Gasteiger partial charge in [-0.3, -0.25) is 0 Å². The molecule has 6 heteroatoms. The number of aliphatic hydroxyl groups is 3. The molecule has 88 valence electrons. The molecule has 0 aromatic heterocycles. The molecule has 2 aliphatic rings. The molecule has 0 aliphatic carbocycles. The second-order valence-electron chi connectivity index (χ2n) is 4.36. The fourth-order valence-electron chi connectivity index (χ4n) is 2.22. The lowest BCUT2D eigenvalue weighted by atomic mass is 9.96. The molecule has 4 atom stereocenters. The van der Waals surface area contributed by atoms with Crippen molar-refractivity contribution in [3.8, 4) is 0 Å². The van der Waals surface area contributed by atoms with Gasteiger partial charge < -0.3 is 29.5 Å². The Balaban J connectivity index is 2.30. The SMILES string of the molecule is CC1(C)O[C@@H]2[C@@H](CO)OC(O)[C@]2(CO)O1. The minimum Gasteiger partial charge on any atom is -0.394 e. The van der Waals surface area contributed by atoms with Gasteiger partial charge in [-0.1, -0.05) is 0 Å². The fraction of sp³-hybridized carbons (Fsp3) is 1.00. The van der Waals surface area contributed by atoms with Crippen molar-refractivity contribution in [1.82, 2.24) is 0 Å². The van der Waals surface area contributed by atoms with Gasteiger partial charge in [-0.05, 0) is 13.8 Å². The van der Waals surface area contributed by atoms with Crippen molar-refractivity contribution in [2.75, 3.05) is 13.2 Å². The van der Waals surface area contributed by atoms with Gasteiger partial charge in [-0.25, -0.2) is 0 Å². The smallest absolute Gasteiger partial charge is 0.189 e. The van der Waals surface area contributed by atoms with Crippen LogP contribution in [-0.4, -0.2) is 58.4 Å². The van der Waals surface area contributed by atoms with E-state index in [0.29, 0.717) is 0 Å². The van der Waals surface area contributed by atoms with Crippen LogP contribution < -0.4 is 0 Å². The Morgan fingerprint density at radius 1 is 1.27 bits per heavy atom. The first-order valence-corrected chi connectivity index (χ1v) is 4.88. The zero-order valence-electron chi connectivity index (χ0n) is 8.71. The quantitative estimate of drug-likeness (QED) is 0.529. The summed E-state index contributed by atoms with van der Waals surface area (Å²) in [6, 6.07) is 0. The van der Waals surface area contributed by atoms with Crippen molar-refractivity contribution in [3.63, 3.8) is 0 Å². The normalized spacial score (nSPS) is 48.2. The summed E-state index contributed by atoms with van der Waals surface area (Å²) in [6.07, 6.45) is -2.61. The van der Waals surface area contributed by atoms with E-state index in [1.165, 1.54) is 0 Å². The van der Waals surface area contributed by atoms with Crippen molar-refractivity contribution in [1.29, 1.82) is 0 Å². The summed E-state index contributed by atoms with van der Waals surface area (Å²) in [4.78, 5) is 0. The van der Waals surface area contributed by atoms with Gasteiger partial charge in [0.2, 0.25) is 0 Å². The van der Waals surface area contributed by atoms with E-state index in [-0.39, 0.29) is 6.61 Å². The van der Waals surface area contributed by atoms with Crippen LogP contribution in [0.5, 0.6) is 0 Å². The molecule has 0 radical (unpaired) electrons. The van der Waals surface area contributed by atoms with E-state index >= 15 is 0 Å². The first-order valence-electron chi connectivity index (χ1n) is 4.88. The van der Waals surface area contributed by atoms with E-state index in [1.807, 2.05) is 0 Å². The number of fused-ring (bicyclic) bond motifs is 1. The summed E-state index contributed by atoms with van der Waals surface area (Å²) >= 11 is 0. The Bertz CT molecular complexity index is 255. The predicted molar refractivity (Wildman–Crippen MR) is 47.8 cm³/mol. The molecule has 0 aromatic carbocycles. The molecule has 15 heavy (non-hydrogen) atoms. The highest BCUT2D eigenvalue weighted by atomic mass is 16.8. The predicted octanol–water partition coefficient (Wildman–Crippen LogP) is -1.42. The van der Waals surface area contributed by atoms with Gasteiger partial charge in [-0.2, -0.15) is 0 Å². The number of hydrogen-bond acceptors (Lipinski definition) is 6. The van der Waals surface area contributed by atoms with Crippen molar-refractivity contribution >= 4 is 0 Å². The van der Waals surface area contributed by atoms with Crippen LogP contribution in [0.1, 0.15) is 13.8 Å². The summed E-state index contributed by atoms with van der Waals surface area (Å²) in [7, 11) is 0. The molecule has 2 saturated heterocycles. The van der Waals surface area contributed by atoms with Crippen molar-refractivity contribution in [2.24, 2.45) is 0 Å². The third-order valence-corrected chi connectivity index (χ3v) is 2.81. The Hall–Kier alpha value is -0.240. The third kappa shape index (κ3) is 1.49. The van der Waals surface area contributed by atoms with Gasteiger partial charge in [0, 0.05) is 0 Å². The minimum absolute atomic E-state index is 0.289. The molecule has 0 amide bonds. The molecule has 2 heterocycles. The average Bonchev–Trinajstić information content (AvgIpc) is 2.58. The molecular formula is C9H16O6. The van der Waals surface area contributed by atoms with Crippen LogP contribution in [0.15, 0.2) is 0 Å². The van der Waals surface area contributed by atoms with Gasteiger partial charge in [0.05, 0.1) is 13.2 Å². The summed E-state index contributed by atoms with van der Waals surface area (Å²) in [5.41, 5.74) is -1.28. The second-order valence-corrected chi connectivity index (χ2v) is 4.36. The van der Waals surface area contributed by atoms with Crippen LogP contribution in [-0.2, 0) is 14.2 Å². The standard InChI is InChI=1S/C9H16O6/c1-8(2)14-6-5(3-10)13-7(12)9(6,4-11)15-8/h5-7,10-12H,3-4H2,1-2H3/t5-,6-,7?,9-/m1/s1. The number of hydrogen-bond donors (Lipinski definition) is 3. The van der Waals surface area contributed by atoms with Crippen LogP contribution in [0.2, 0.25) is 0 Å². The minimum atomic E-state index is -1.29.